The number of fused-ring (bicyclic) bond motifs is 1. The molecule has 23 heteroatoms. The molecular weight excluding hydrogens is 1090 g/mol. The third-order valence-electron chi connectivity index (χ3n) is 11.7. The van der Waals surface area contributed by atoms with Gasteiger partial charge in [0, 0.05) is 30.3 Å². The number of aromatic nitrogens is 1. The number of ether oxygens (including phenoxy) is 4. The van der Waals surface area contributed by atoms with Crippen molar-refractivity contribution in [2.75, 3.05) is 30.6 Å². The first-order valence-electron chi connectivity index (χ1n) is 27.3. The van der Waals surface area contributed by atoms with Crippen molar-refractivity contribution in [3.05, 3.63) is 65.9 Å². The highest BCUT2D eigenvalue weighted by Crippen LogP contribution is 2.25. The number of carbonyl (C=O) groups excluding carboxylic acids is 10. The molecule has 3 rings (SSSR count). The van der Waals surface area contributed by atoms with E-state index in [1.165, 1.54) is 48.1 Å². The molecule has 3 aromatic rings. The summed E-state index contributed by atoms with van der Waals surface area (Å²) in [6.07, 6.45) is 3.58. The van der Waals surface area contributed by atoms with Gasteiger partial charge in [-0.1, -0.05) is 37.3 Å². The van der Waals surface area contributed by atoms with E-state index in [-0.39, 0.29) is 32.1 Å². The first-order valence-corrected chi connectivity index (χ1v) is 30.1. The predicted octanol–water partition coefficient (Wildman–Crippen LogP) is 6.12. The van der Waals surface area contributed by atoms with Crippen LogP contribution >= 0.6 is 23.5 Å². The lowest BCUT2D eigenvalue weighted by molar-refractivity contribution is -0.157. The van der Waals surface area contributed by atoms with Crippen LogP contribution < -0.4 is 36.6 Å². The van der Waals surface area contributed by atoms with E-state index in [1.807, 2.05) is 27.0 Å². The SMILES string of the molecule is CSCC[C@H](NC(=O)[C@H](Cc1ccc(OC(C)(C)C)cc1)NC(=O)[C@@H](C)CC(=O)OC(C)(C)C)C(=O)NCC(=O)N[C@@H](Cc1cn(C(=O)OC(C)(C)C)c2ccccc12)C(=O)N[C@@H](CCSC)C(=O)N[C@@H](CC(=O)OC(C)(C)C)C(C)=O. The number of carbonyl (C=O) groups is 10. The van der Waals surface area contributed by atoms with Gasteiger partial charge in [-0.3, -0.25) is 47.7 Å². The molecule has 6 N–H and O–H groups in total. The zero-order valence-electron chi connectivity index (χ0n) is 50.5. The maximum atomic E-state index is 14.6. The van der Waals surface area contributed by atoms with Gasteiger partial charge in [0.05, 0.1) is 30.9 Å². The number of hydrogen-bond acceptors (Lipinski definition) is 16. The molecule has 82 heavy (non-hydrogen) atoms. The summed E-state index contributed by atoms with van der Waals surface area (Å²) in [5.41, 5.74) is -1.48. The van der Waals surface area contributed by atoms with E-state index in [4.69, 9.17) is 18.9 Å². The Labute approximate surface area is 491 Å². The molecule has 0 fully saturated rings. The molecule has 0 aliphatic carbocycles. The second kappa shape index (κ2) is 31.2. The topological polar surface area (TPSA) is 285 Å². The molecule has 6 atom stereocenters. The van der Waals surface area contributed by atoms with Crippen molar-refractivity contribution in [2.45, 2.75) is 188 Å². The summed E-state index contributed by atoms with van der Waals surface area (Å²) in [6.45, 7) is 23.0. The van der Waals surface area contributed by atoms with E-state index in [0.717, 1.165) is 0 Å². The smallest absolute Gasteiger partial charge is 0.419 e. The molecular formula is C59H87N7O14S2. The minimum absolute atomic E-state index is 0.0190. The van der Waals surface area contributed by atoms with Gasteiger partial charge in [0.25, 0.3) is 0 Å². The van der Waals surface area contributed by atoms with Crippen molar-refractivity contribution < 1.29 is 66.9 Å². The van der Waals surface area contributed by atoms with Crippen LogP contribution in [0.5, 0.6) is 5.75 Å². The standard InChI is InChI=1S/C59H87N7O14S2/c1-35(29-48(69)78-57(6,7)8)50(71)65-44(30-37-21-23-39(24-22-37)77-56(3,4)5)53(74)62-41(25-27-81-15)51(72)60-33-47(68)61-45(31-38-34-66(55(76)80-59(12,13)14)46-20-18-17-19-40(38)46)54(75)63-42(26-28-82-16)52(73)64-43(36(2)67)32-49(70)79-58(9,10)11/h17-24,34-35,41-45H,25-33H2,1-16H3,(H,60,72)(H,61,68)(H,62,74)(H,63,75)(H,64,73)(H,65,71)/t35-,41-,42-,43-,44-,45-/m0/s1. The first-order chi connectivity index (χ1) is 38.0. The monoisotopic (exact) mass is 1180 g/mol. The van der Waals surface area contributed by atoms with Gasteiger partial charge in [0.15, 0.2) is 5.78 Å². The summed E-state index contributed by atoms with van der Waals surface area (Å²) < 4.78 is 23.7. The van der Waals surface area contributed by atoms with Gasteiger partial charge >= 0.3 is 18.0 Å². The maximum Gasteiger partial charge on any atom is 0.419 e. The molecule has 0 saturated heterocycles. The number of para-hydroxylation sites is 1. The van der Waals surface area contributed by atoms with Gasteiger partial charge in [0.2, 0.25) is 35.4 Å². The minimum atomic E-state index is -1.46. The number of amides is 6. The molecule has 0 aliphatic heterocycles. The van der Waals surface area contributed by atoms with Gasteiger partial charge in [-0.05, 0) is 156 Å². The third kappa shape index (κ3) is 25.3. The highest BCUT2D eigenvalue weighted by atomic mass is 32.2. The zero-order chi connectivity index (χ0) is 61.9. The number of Topliss-reactive ketones (excluding diaryl/α,β-unsaturated/α-hetero) is 1. The highest BCUT2D eigenvalue weighted by Gasteiger charge is 2.34. The van der Waals surface area contributed by atoms with E-state index < -0.39 is 131 Å². The molecule has 1 heterocycles. The Morgan fingerprint density at radius 3 is 1.52 bits per heavy atom. The molecule has 2 aromatic carbocycles. The fraction of sp³-hybridized carbons (Fsp3) is 0.593. The Bertz CT molecular complexity index is 2720. The minimum Gasteiger partial charge on any atom is -0.488 e. The zero-order valence-corrected chi connectivity index (χ0v) is 52.1. The fourth-order valence-electron chi connectivity index (χ4n) is 8.04. The van der Waals surface area contributed by atoms with Gasteiger partial charge in [0.1, 0.15) is 52.3 Å². The number of nitrogens with one attached hydrogen (secondary N) is 6. The Hall–Kier alpha value is -6.62. The lowest BCUT2D eigenvalue weighted by atomic mass is 10.0. The molecule has 6 amide bonds. The quantitative estimate of drug-likeness (QED) is 0.0353. The predicted molar refractivity (Wildman–Crippen MR) is 317 cm³/mol. The largest absolute Gasteiger partial charge is 0.488 e. The summed E-state index contributed by atoms with van der Waals surface area (Å²) in [4.78, 5) is 136. The van der Waals surface area contributed by atoms with Crippen molar-refractivity contribution in [1.82, 2.24) is 36.5 Å². The van der Waals surface area contributed by atoms with Crippen molar-refractivity contribution in [3.63, 3.8) is 0 Å². The van der Waals surface area contributed by atoms with Crippen molar-refractivity contribution in [2.24, 2.45) is 5.92 Å². The Morgan fingerprint density at radius 1 is 0.537 bits per heavy atom. The number of ketones is 1. The summed E-state index contributed by atoms with van der Waals surface area (Å²) in [6, 6.07) is 7.36. The Kier molecular flexibility index (Phi) is 26.5. The molecule has 0 radical (unpaired) electrons. The van der Waals surface area contributed by atoms with Gasteiger partial charge in [-0.25, -0.2) is 4.79 Å². The molecule has 0 aliphatic rings. The molecule has 0 bridgehead atoms. The van der Waals surface area contributed by atoms with Crippen LogP contribution in [0.25, 0.3) is 10.9 Å². The van der Waals surface area contributed by atoms with Crippen LogP contribution in [0.2, 0.25) is 0 Å². The average Bonchev–Trinajstić information content (AvgIpc) is 4.01. The lowest BCUT2D eigenvalue weighted by Crippen LogP contribution is -2.58. The van der Waals surface area contributed by atoms with Gasteiger partial charge < -0.3 is 50.8 Å². The molecule has 0 unspecified atom stereocenters. The Morgan fingerprint density at radius 2 is 1.01 bits per heavy atom. The van der Waals surface area contributed by atoms with Crippen LogP contribution in [0.1, 0.15) is 134 Å². The van der Waals surface area contributed by atoms with Gasteiger partial charge in [-0.2, -0.15) is 23.5 Å². The lowest BCUT2D eigenvalue weighted by Gasteiger charge is -2.26. The molecule has 454 valence electrons. The van der Waals surface area contributed by atoms with Crippen molar-refractivity contribution in [3.8, 4) is 5.75 Å². The van der Waals surface area contributed by atoms with Gasteiger partial charge in [-0.15, -0.1) is 0 Å². The second-order valence-corrected chi connectivity index (χ2v) is 26.0. The fourth-order valence-corrected chi connectivity index (χ4v) is 8.99. The number of benzene rings is 2. The molecule has 0 saturated carbocycles. The van der Waals surface area contributed by atoms with Crippen molar-refractivity contribution >= 4 is 93.7 Å². The summed E-state index contributed by atoms with van der Waals surface area (Å²) in [7, 11) is 0. The second-order valence-electron chi connectivity index (χ2n) is 24.0. The average molecular weight is 1180 g/mol. The summed E-state index contributed by atoms with van der Waals surface area (Å²) >= 11 is 2.78. The first kappa shape index (κ1) is 69.6. The third-order valence-corrected chi connectivity index (χ3v) is 13.0. The summed E-state index contributed by atoms with van der Waals surface area (Å²) in [5, 5.41) is 16.6. The number of thioether (sulfide) groups is 2. The molecule has 21 nitrogen and oxygen atoms in total. The molecule has 1 aromatic heterocycles. The van der Waals surface area contributed by atoms with E-state index in [0.29, 0.717) is 39.3 Å². The number of esters is 2. The Balaban J connectivity index is 1.98. The van der Waals surface area contributed by atoms with E-state index in [1.54, 1.807) is 117 Å². The maximum absolute atomic E-state index is 14.6. The highest BCUT2D eigenvalue weighted by molar-refractivity contribution is 7.98. The normalized spacial score (nSPS) is 14.1. The van der Waals surface area contributed by atoms with Crippen LogP contribution in [-0.2, 0) is 70.2 Å². The van der Waals surface area contributed by atoms with Crippen LogP contribution in [-0.4, -0.2) is 147 Å². The number of hydrogen-bond donors (Lipinski definition) is 6. The van der Waals surface area contributed by atoms with Crippen LogP contribution in [0, 0.1) is 5.92 Å². The van der Waals surface area contributed by atoms with Crippen LogP contribution in [0.4, 0.5) is 4.79 Å². The number of nitrogens with zero attached hydrogens (tertiary/aromatic N) is 1. The summed E-state index contributed by atoms with van der Waals surface area (Å²) in [5.74, 6) is -5.95. The van der Waals surface area contributed by atoms with Crippen LogP contribution in [0.15, 0.2) is 54.7 Å². The van der Waals surface area contributed by atoms with Crippen LogP contribution in [0.3, 0.4) is 0 Å². The number of rotatable bonds is 28. The van der Waals surface area contributed by atoms with E-state index in [2.05, 4.69) is 31.9 Å². The van der Waals surface area contributed by atoms with E-state index >= 15 is 0 Å². The van der Waals surface area contributed by atoms with Crippen molar-refractivity contribution in [1.29, 1.82) is 0 Å². The van der Waals surface area contributed by atoms with E-state index in [9.17, 15) is 47.9 Å². The molecule has 0 spiro atoms.